The first-order valence-corrected chi connectivity index (χ1v) is 7.82. The van der Waals surface area contributed by atoms with Crippen LogP contribution in [-0.4, -0.2) is 28.3 Å². The van der Waals surface area contributed by atoms with Gasteiger partial charge in [0.25, 0.3) is 5.91 Å². The summed E-state index contributed by atoms with van der Waals surface area (Å²) in [5, 5.41) is 2.77. The minimum absolute atomic E-state index is 0.269. The van der Waals surface area contributed by atoms with Gasteiger partial charge in [0, 0.05) is 24.7 Å². The summed E-state index contributed by atoms with van der Waals surface area (Å²) in [5.41, 5.74) is 7.42. The fourth-order valence-corrected chi connectivity index (χ4v) is 2.42. The minimum atomic E-state index is -0.582. The van der Waals surface area contributed by atoms with Crippen LogP contribution in [0.1, 0.15) is 32.3 Å². The number of nitrogens with two attached hydrogens (primary N) is 1. The second-order valence-corrected chi connectivity index (χ2v) is 5.56. The first kappa shape index (κ1) is 16.5. The summed E-state index contributed by atoms with van der Waals surface area (Å²) in [6, 6.07) is 11.1. The lowest BCUT2D eigenvalue weighted by Crippen LogP contribution is -2.26. The van der Waals surface area contributed by atoms with Crippen molar-refractivity contribution in [3.63, 3.8) is 0 Å². The number of nitrogens with one attached hydrogen (secondary N) is 2. The van der Waals surface area contributed by atoms with Gasteiger partial charge in [-0.05, 0) is 25.1 Å². The number of hydrogen-bond acceptors (Lipinski definition) is 4. The van der Waals surface area contributed by atoms with Gasteiger partial charge in [-0.25, -0.2) is 4.98 Å². The molecule has 2 heterocycles. The smallest absolute Gasteiger partial charge is 0.267 e. The quantitative estimate of drug-likeness (QED) is 0.638. The molecule has 0 unspecified atom stereocenters. The van der Waals surface area contributed by atoms with Crippen molar-refractivity contribution in [3.8, 4) is 11.5 Å². The van der Waals surface area contributed by atoms with E-state index in [4.69, 9.17) is 10.2 Å². The van der Waals surface area contributed by atoms with E-state index in [-0.39, 0.29) is 17.2 Å². The van der Waals surface area contributed by atoms with Gasteiger partial charge in [0.05, 0.1) is 11.3 Å². The van der Waals surface area contributed by atoms with Crippen LogP contribution in [0.15, 0.2) is 47.0 Å². The number of carbonyl (C=O) groups is 2. The molecule has 0 saturated heterocycles. The molecule has 0 saturated carbocycles. The van der Waals surface area contributed by atoms with Gasteiger partial charge in [0.15, 0.2) is 0 Å². The Kier molecular flexibility index (Phi) is 4.65. The molecule has 128 valence electrons. The van der Waals surface area contributed by atoms with Crippen molar-refractivity contribution in [3.05, 3.63) is 65.3 Å². The lowest BCUT2D eigenvalue weighted by molar-refractivity contribution is 0.0949. The lowest BCUT2D eigenvalue weighted by atomic mass is 10.2. The number of amides is 2. The van der Waals surface area contributed by atoms with Crippen LogP contribution in [0.3, 0.4) is 0 Å². The number of rotatable bonds is 6. The Morgan fingerprint density at radius 1 is 1.28 bits per heavy atom. The first-order valence-electron chi connectivity index (χ1n) is 7.82. The van der Waals surface area contributed by atoms with Gasteiger partial charge in [0.1, 0.15) is 11.5 Å². The van der Waals surface area contributed by atoms with E-state index in [1.54, 1.807) is 0 Å². The Morgan fingerprint density at radius 2 is 2.04 bits per heavy atom. The monoisotopic (exact) mass is 338 g/mol. The Labute approximate surface area is 144 Å². The lowest BCUT2D eigenvalue weighted by Gasteiger charge is -2.02. The Morgan fingerprint density at radius 3 is 2.72 bits per heavy atom. The zero-order chi connectivity index (χ0) is 17.8. The predicted octanol–water partition coefficient (Wildman–Crippen LogP) is 2.05. The molecule has 0 spiro atoms. The molecular weight excluding hydrogens is 320 g/mol. The van der Waals surface area contributed by atoms with Crippen LogP contribution in [0, 0.1) is 6.92 Å². The summed E-state index contributed by atoms with van der Waals surface area (Å²) >= 11 is 0. The van der Waals surface area contributed by atoms with Crippen molar-refractivity contribution >= 4 is 11.8 Å². The van der Waals surface area contributed by atoms with Gasteiger partial charge in [0.2, 0.25) is 11.8 Å². The number of aryl methyl sites for hydroxylation is 1. The number of aromatic nitrogens is 2. The predicted molar refractivity (Wildman–Crippen MR) is 92.0 cm³/mol. The largest absolute Gasteiger partial charge is 0.441 e. The Bertz CT molecular complexity index is 896. The topological polar surface area (TPSA) is 114 Å². The second-order valence-electron chi connectivity index (χ2n) is 5.56. The molecule has 0 aliphatic carbocycles. The van der Waals surface area contributed by atoms with E-state index < -0.39 is 5.91 Å². The summed E-state index contributed by atoms with van der Waals surface area (Å²) in [7, 11) is 0. The number of aromatic amines is 1. The molecular formula is C18H18N4O3. The van der Waals surface area contributed by atoms with E-state index >= 15 is 0 Å². The van der Waals surface area contributed by atoms with E-state index in [0.29, 0.717) is 18.9 Å². The fraction of sp³-hybridized carbons (Fsp3) is 0.167. The van der Waals surface area contributed by atoms with Crippen molar-refractivity contribution in [2.75, 3.05) is 6.54 Å². The summed E-state index contributed by atoms with van der Waals surface area (Å²) in [4.78, 5) is 30.3. The summed E-state index contributed by atoms with van der Waals surface area (Å²) in [5.74, 6) is 0.401. The highest BCUT2D eigenvalue weighted by Crippen LogP contribution is 2.21. The maximum atomic E-state index is 12.0. The van der Waals surface area contributed by atoms with Crippen LogP contribution in [-0.2, 0) is 6.42 Å². The van der Waals surface area contributed by atoms with E-state index in [0.717, 1.165) is 17.0 Å². The normalized spacial score (nSPS) is 10.6. The van der Waals surface area contributed by atoms with Crippen LogP contribution < -0.4 is 11.1 Å². The Balaban J connectivity index is 1.59. The van der Waals surface area contributed by atoms with Crippen LogP contribution in [0.4, 0.5) is 0 Å². The molecule has 1 aromatic carbocycles. The van der Waals surface area contributed by atoms with E-state index in [1.807, 2.05) is 37.3 Å². The third kappa shape index (κ3) is 3.77. The SMILES string of the molecule is Cc1oc(-c2ccccc2)nc1CCNC(=O)c1cc(C(N)=O)c[nH]1. The van der Waals surface area contributed by atoms with Gasteiger partial charge < -0.3 is 20.5 Å². The molecule has 0 radical (unpaired) electrons. The van der Waals surface area contributed by atoms with Crippen molar-refractivity contribution < 1.29 is 14.0 Å². The maximum absolute atomic E-state index is 12.0. The number of nitrogens with zero attached hydrogens (tertiary/aromatic N) is 1. The summed E-state index contributed by atoms with van der Waals surface area (Å²) in [6.07, 6.45) is 1.95. The molecule has 0 aliphatic rings. The summed E-state index contributed by atoms with van der Waals surface area (Å²) < 4.78 is 5.69. The van der Waals surface area contributed by atoms with Gasteiger partial charge in [-0.15, -0.1) is 0 Å². The number of oxazole rings is 1. The number of carbonyl (C=O) groups excluding carboxylic acids is 2. The average molecular weight is 338 g/mol. The number of H-pyrrole nitrogens is 1. The third-order valence-electron chi connectivity index (χ3n) is 3.77. The average Bonchev–Trinajstić information content (AvgIpc) is 3.23. The third-order valence-corrected chi connectivity index (χ3v) is 3.77. The van der Waals surface area contributed by atoms with Crippen LogP contribution in [0.5, 0.6) is 0 Å². The maximum Gasteiger partial charge on any atom is 0.267 e. The molecule has 0 bridgehead atoms. The van der Waals surface area contributed by atoms with Gasteiger partial charge in [-0.3, -0.25) is 9.59 Å². The minimum Gasteiger partial charge on any atom is -0.441 e. The Hall–Kier alpha value is -3.35. The van der Waals surface area contributed by atoms with Crippen LogP contribution >= 0.6 is 0 Å². The first-order chi connectivity index (χ1) is 12.0. The zero-order valence-electron chi connectivity index (χ0n) is 13.7. The number of hydrogen-bond donors (Lipinski definition) is 3. The summed E-state index contributed by atoms with van der Waals surface area (Å²) in [6.45, 7) is 2.24. The van der Waals surface area contributed by atoms with E-state index in [9.17, 15) is 9.59 Å². The van der Waals surface area contributed by atoms with Gasteiger partial charge in [-0.1, -0.05) is 18.2 Å². The molecule has 3 aromatic rings. The number of primary amides is 1. The molecule has 4 N–H and O–H groups in total. The van der Waals surface area contributed by atoms with E-state index in [1.165, 1.54) is 12.3 Å². The number of benzene rings is 1. The molecule has 0 atom stereocenters. The van der Waals surface area contributed by atoms with Crippen LogP contribution in [0.25, 0.3) is 11.5 Å². The molecule has 2 aromatic heterocycles. The fourth-order valence-electron chi connectivity index (χ4n) is 2.42. The highest BCUT2D eigenvalue weighted by molar-refractivity contribution is 5.98. The van der Waals surface area contributed by atoms with Crippen LogP contribution in [0.2, 0.25) is 0 Å². The second kappa shape index (κ2) is 7.04. The molecule has 2 amide bonds. The molecule has 0 aliphatic heterocycles. The molecule has 0 fully saturated rings. The molecule has 7 nitrogen and oxygen atoms in total. The van der Waals surface area contributed by atoms with Gasteiger partial charge in [-0.2, -0.15) is 0 Å². The standard InChI is InChI=1S/C18H18N4O3/c1-11-14(22-18(25-11)12-5-3-2-4-6-12)7-8-20-17(24)15-9-13(10-21-15)16(19)23/h2-6,9-10,21H,7-8H2,1H3,(H2,19,23)(H,20,24). The van der Waals surface area contributed by atoms with E-state index in [2.05, 4.69) is 15.3 Å². The molecule has 25 heavy (non-hydrogen) atoms. The van der Waals surface area contributed by atoms with Gasteiger partial charge >= 0.3 is 0 Å². The highest BCUT2D eigenvalue weighted by atomic mass is 16.4. The molecule has 7 heteroatoms. The molecule has 3 rings (SSSR count). The van der Waals surface area contributed by atoms with Crippen molar-refractivity contribution in [1.82, 2.24) is 15.3 Å². The van der Waals surface area contributed by atoms with Crippen molar-refractivity contribution in [2.24, 2.45) is 5.73 Å². The van der Waals surface area contributed by atoms with Crippen molar-refractivity contribution in [1.29, 1.82) is 0 Å². The highest BCUT2D eigenvalue weighted by Gasteiger charge is 2.13. The van der Waals surface area contributed by atoms with Crippen molar-refractivity contribution in [2.45, 2.75) is 13.3 Å². The zero-order valence-corrected chi connectivity index (χ0v) is 13.7.